The van der Waals surface area contributed by atoms with Crippen LogP contribution in [0.5, 0.6) is 0 Å². The Labute approximate surface area is 119 Å². The Balaban J connectivity index is 1.79. The molecular formula is C18H17NO. The number of hydrogen-bond acceptors (Lipinski definition) is 2. The van der Waals surface area contributed by atoms with Gasteiger partial charge in [0.15, 0.2) is 5.78 Å². The zero-order valence-electron chi connectivity index (χ0n) is 11.4. The number of hydrogen-bond donors (Lipinski definition) is 0. The standard InChI is InChI=1S/C18H17NO/c20-18(10-7-14-4-3-11-19-13-14)17-9-8-15-5-1-2-6-16(15)12-17/h3-4,7-13H,1-2,5-6H2. The van der Waals surface area contributed by atoms with Crippen LogP contribution in [0.1, 0.15) is 39.9 Å². The summed E-state index contributed by atoms with van der Waals surface area (Å²) in [5.41, 5.74) is 4.48. The summed E-state index contributed by atoms with van der Waals surface area (Å²) in [6, 6.07) is 9.91. The maximum Gasteiger partial charge on any atom is 0.185 e. The van der Waals surface area contributed by atoms with Crippen molar-refractivity contribution >= 4 is 11.9 Å². The molecule has 20 heavy (non-hydrogen) atoms. The highest BCUT2D eigenvalue weighted by Crippen LogP contribution is 2.22. The van der Waals surface area contributed by atoms with E-state index in [9.17, 15) is 4.79 Å². The second-order valence-corrected chi connectivity index (χ2v) is 5.17. The maximum atomic E-state index is 12.2. The Kier molecular flexibility index (Phi) is 3.73. The number of carbonyl (C=O) groups excluding carboxylic acids is 1. The first kappa shape index (κ1) is 12.8. The number of nitrogens with zero attached hydrogens (tertiary/aromatic N) is 1. The highest BCUT2D eigenvalue weighted by Gasteiger charge is 2.11. The highest BCUT2D eigenvalue weighted by molar-refractivity contribution is 6.06. The van der Waals surface area contributed by atoms with Crippen LogP contribution in [0.3, 0.4) is 0 Å². The van der Waals surface area contributed by atoms with Crippen molar-refractivity contribution in [2.75, 3.05) is 0 Å². The number of benzene rings is 1. The Morgan fingerprint density at radius 1 is 1.10 bits per heavy atom. The van der Waals surface area contributed by atoms with Crippen molar-refractivity contribution in [2.45, 2.75) is 25.7 Å². The molecular weight excluding hydrogens is 246 g/mol. The fourth-order valence-electron chi connectivity index (χ4n) is 2.63. The van der Waals surface area contributed by atoms with Crippen LogP contribution < -0.4 is 0 Å². The number of fused-ring (bicyclic) bond motifs is 1. The molecule has 0 unspecified atom stereocenters. The summed E-state index contributed by atoms with van der Waals surface area (Å²) in [6.07, 6.45) is 11.7. The van der Waals surface area contributed by atoms with Gasteiger partial charge < -0.3 is 0 Å². The minimum atomic E-state index is 0.0576. The summed E-state index contributed by atoms with van der Waals surface area (Å²) < 4.78 is 0. The quantitative estimate of drug-likeness (QED) is 0.621. The van der Waals surface area contributed by atoms with Crippen molar-refractivity contribution in [2.24, 2.45) is 0 Å². The number of allylic oxidation sites excluding steroid dienone is 1. The molecule has 0 radical (unpaired) electrons. The second-order valence-electron chi connectivity index (χ2n) is 5.17. The fourth-order valence-corrected chi connectivity index (χ4v) is 2.63. The van der Waals surface area contributed by atoms with Crippen LogP contribution in [0.15, 0.2) is 48.8 Å². The summed E-state index contributed by atoms with van der Waals surface area (Å²) in [5, 5.41) is 0. The predicted octanol–water partition coefficient (Wildman–Crippen LogP) is 3.86. The number of aromatic nitrogens is 1. The summed E-state index contributed by atoms with van der Waals surface area (Å²) in [7, 11) is 0. The van der Waals surface area contributed by atoms with Gasteiger partial charge in [-0.1, -0.05) is 18.2 Å². The molecule has 3 rings (SSSR count). The normalized spacial score (nSPS) is 14.2. The highest BCUT2D eigenvalue weighted by atomic mass is 16.1. The second kappa shape index (κ2) is 5.83. The molecule has 1 heterocycles. The number of carbonyl (C=O) groups is 1. The van der Waals surface area contributed by atoms with Crippen LogP contribution in [0, 0.1) is 0 Å². The van der Waals surface area contributed by atoms with Crippen LogP contribution in [0.2, 0.25) is 0 Å². The van der Waals surface area contributed by atoms with Crippen LogP contribution >= 0.6 is 0 Å². The molecule has 0 saturated carbocycles. The van der Waals surface area contributed by atoms with Crippen molar-refractivity contribution in [1.82, 2.24) is 4.98 Å². The molecule has 2 nitrogen and oxygen atoms in total. The number of pyridine rings is 1. The summed E-state index contributed by atoms with van der Waals surface area (Å²) in [6.45, 7) is 0. The zero-order valence-corrected chi connectivity index (χ0v) is 11.4. The fraction of sp³-hybridized carbons (Fsp3) is 0.222. The lowest BCUT2D eigenvalue weighted by Gasteiger charge is -2.15. The lowest BCUT2D eigenvalue weighted by Crippen LogP contribution is -2.05. The van der Waals surface area contributed by atoms with E-state index >= 15 is 0 Å². The molecule has 0 aliphatic heterocycles. The largest absolute Gasteiger partial charge is 0.289 e. The monoisotopic (exact) mass is 263 g/mol. The first-order valence-electron chi connectivity index (χ1n) is 7.07. The maximum absolute atomic E-state index is 12.2. The van der Waals surface area contributed by atoms with Crippen LogP contribution in [0.25, 0.3) is 6.08 Å². The van der Waals surface area contributed by atoms with E-state index in [1.807, 2.05) is 24.3 Å². The molecule has 2 aromatic rings. The van der Waals surface area contributed by atoms with Gasteiger partial charge >= 0.3 is 0 Å². The molecule has 0 saturated heterocycles. The predicted molar refractivity (Wildman–Crippen MR) is 80.7 cm³/mol. The lowest BCUT2D eigenvalue weighted by atomic mass is 9.90. The SMILES string of the molecule is O=C(C=Cc1cccnc1)c1ccc2c(c1)CCCC2. The number of aryl methyl sites for hydroxylation is 2. The third kappa shape index (κ3) is 2.85. The van der Waals surface area contributed by atoms with Gasteiger partial charge in [-0.3, -0.25) is 9.78 Å². The van der Waals surface area contributed by atoms with Gasteiger partial charge in [-0.2, -0.15) is 0 Å². The van der Waals surface area contributed by atoms with E-state index in [2.05, 4.69) is 17.1 Å². The lowest BCUT2D eigenvalue weighted by molar-refractivity contribution is 0.104. The molecule has 1 aromatic heterocycles. The summed E-state index contributed by atoms with van der Waals surface area (Å²) >= 11 is 0. The van der Waals surface area contributed by atoms with Gasteiger partial charge in [-0.25, -0.2) is 0 Å². The Hall–Kier alpha value is -2.22. The van der Waals surface area contributed by atoms with Crippen molar-refractivity contribution < 1.29 is 4.79 Å². The minimum absolute atomic E-state index is 0.0576. The average molecular weight is 263 g/mol. The summed E-state index contributed by atoms with van der Waals surface area (Å²) in [4.78, 5) is 16.2. The van der Waals surface area contributed by atoms with Crippen molar-refractivity contribution in [3.8, 4) is 0 Å². The smallest absolute Gasteiger partial charge is 0.185 e. The first-order valence-corrected chi connectivity index (χ1v) is 7.07. The molecule has 100 valence electrons. The Morgan fingerprint density at radius 2 is 1.95 bits per heavy atom. The van der Waals surface area contributed by atoms with E-state index in [1.165, 1.54) is 24.0 Å². The van der Waals surface area contributed by atoms with Crippen molar-refractivity contribution in [3.63, 3.8) is 0 Å². The topological polar surface area (TPSA) is 30.0 Å². The number of ketones is 1. The molecule has 0 bridgehead atoms. The van der Waals surface area contributed by atoms with Gasteiger partial charge in [0, 0.05) is 18.0 Å². The molecule has 2 heteroatoms. The van der Waals surface area contributed by atoms with Crippen LogP contribution in [0.4, 0.5) is 0 Å². The first-order chi connectivity index (χ1) is 9.83. The molecule has 1 aliphatic rings. The minimum Gasteiger partial charge on any atom is -0.289 e. The van der Waals surface area contributed by atoms with E-state index in [4.69, 9.17) is 0 Å². The van der Waals surface area contributed by atoms with Crippen LogP contribution in [-0.2, 0) is 12.8 Å². The molecule has 1 aliphatic carbocycles. The van der Waals surface area contributed by atoms with Gasteiger partial charge in [0.05, 0.1) is 0 Å². The van der Waals surface area contributed by atoms with E-state index in [0.29, 0.717) is 0 Å². The van der Waals surface area contributed by atoms with Crippen molar-refractivity contribution in [1.29, 1.82) is 0 Å². The van der Waals surface area contributed by atoms with Crippen LogP contribution in [-0.4, -0.2) is 10.8 Å². The Morgan fingerprint density at radius 3 is 2.75 bits per heavy atom. The van der Waals surface area contributed by atoms with Gasteiger partial charge in [0.1, 0.15) is 0 Å². The molecule has 0 N–H and O–H groups in total. The van der Waals surface area contributed by atoms with E-state index < -0.39 is 0 Å². The van der Waals surface area contributed by atoms with Gasteiger partial charge in [-0.15, -0.1) is 0 Å². The Bertz CT molecular complexity index is 644. The van der Waals surface area contributed by atoms with E-state index in [0.717, 1.165) is 24.0 Å². The van der Waals surface area contributed by atoms with E-state index in [-0.39, 0.29) is 5.78 Å². The molecule has 0 atom stereocenters. The molecule has 0 fully saturated rings. The number of rotatable bonds is 3. The summed E-state index contributed by atoms with van der Waals surface area (Å²) in [5.74, 6) is 0.0576. The average Bonchev–Trinajstić information content (AvgIpc) is 2.53. The molecule has 0 amide bonds. The molecule has 0 spiro atoms. The van der Waals surface area contributed by atoms with Crippen molar-refractivity contribution in [3.05, 3.63) is 71.1 Å². The molecule has 1 aromatic carbocycles. The third-order valence-electron chi connectivity index (χ3n) is 3.74. The van der Waals surface area contributed by atoms with Gasteiger partial charge in [-0.05, 0) is 66.7 Å². The zero-order chi connectivity index (χ0) is 13.8. The van der Waals surface area contributed by atoms with Gasteiger partial charge in [0.25, 0.3) is 0 Å². The van der Waals surface area contributed by atoms with Gasteiger partial charge in [0.2, 0.25) is 0 Å². The third-order valence-corrected chi connectivity index (χ3v) is 3.74. The van der Waals surface area contributed by atoms with E-state index in [1.54, 1.807) is 18.5 Å².